The number of carbonyl (C=O) groups is 9. The lowest BCUT2D eigenvalue weighted by atomic mass is 10.0. The van der Waals surface area contributed by atoms with Crippen molar-refractivity contribution in [1.29, 1.82) is 0 Å². The molecule has 0 spiro atoms. The number of fused-ring (bicyclic) bond motifs is 3. The van der Waals surface area contributed by atoms with Gasteiger partial charge in [0.1, 0.15) is 36.3 Å². The van der Waals surface area contributed by atoms with Crippen LogP contribution in [0.25, 0.3) is 63.6 Å². The minimum absolute atomic E-state index is 0.0263. The van der Waals surface area contributed by atoms with Gasteiger partial charge in [-0.05, 0) is 98.7 Å². The molecule has 6 aromatic rings. The van der Waals surface area contributed by atoms with E-state index in [0.717, 1.165) is 49.0 Å². The summed E-state index contributed by atoms with van der Waals surface area (Å²) in [6, 6.07) is 32.9. The van der Waals surface area contributed by atoms with Gasteiger partial charge in [-0.3, -0.25) is 28.8 Å². The first-order valence-corrected chi connectivity index (χ1v) is 30.2. The molecule has 6 aromatic carbocycles. The van der Waals surface area contributed by atoms with Gasteiger partial charge >= 0.3 is 17.9 Å². The summed E-state index contributed by atoms with van der Waals surface area (Å²) in [5.41, 5.74) is 34.4. The molecule has 0 aliphatic carbocycles. The second kappa shape index (κ2) is 34.0. The molecule has 7 N–H and O–H groups in total. The Balaban J connectivity index is 0.000000201. The number of hydrogen-bond acceptors (Lipinski definition) is 17. The van der Waals surface area contributed by atoms with E-state index in [-0.39, 0.29) is 50.7 Å². The lowest BCUT2D eigenvalue weighted by molar-refractivity contribution is -0.147. The van der Waals surface area contributed by atoms with Crippen LogP contribution in [0.3, 0.4) is 0 Å². The third-order valence-corrected chi connectivity index (χ3v) is 16.1. The number of carbonyl (C=O) groups excluding carboxylic acids is 9. The first-order chi connectivity index (χ1) is 45.2. The topological polar surface area (TPSA) is 420 Å². The molecule has 492 valence electrons. The predicted molar refractivity (Wildman–Crippen MR) is 347 cm³/mol. The molecule has 0 aromatic heterocycles. The largest absolute Gasteiger partial charge is 0.467 e. The zero-order chi connectivity index (χ0) is 68.0. The Morgan fingerprint density at radius 2 is 0.862 bits per heavy atom. The maximum atomic E-state index is 13.3. The Labute approximate surface area is 540 Å². The zero-order valence-corrected chi connectivity index (χ0v) is 52.7. The summed E-state index contributed by atoms with van der Waals surface area (Å²) in [4.78, 5) is 124. The summed E-state index contributed by atoms with van der Waals surface area (Å²) in [6.07, 6.45) is 1.38. The second-order valence-electron chi connectivity index (χ2n) is 22.9. The quantitative estimate of drug-likeness (QED) is 0.0168. The number of benzene rings is 6. The Morgan fingerprint density at radius 3 is 1.21 bits per heavy atom. The molecule has 11 atom stereocenters. The Kier molecular flexibility index (Phi) is 25.6. The lowest BCUT2D eigenvalue weighted by Crippen LogP contribution is -2.55. The number of nitrogens with one attached hydrogen (secondary N) is 5. The van der Waals surface area contributed by atoms with Gasteiger partial charge in [-0.2, -0.15) is 0 Å². The number of rotatable bonds is 21. The fraction of sp³-hybridized carbons (Fsp3) is 0.400. The van der Waals surface area contributed by atoms with Crippen molar-refractivity contribution in [3.63, 3.8) is 0 Å². The van der Waals surface area contributed by atoms with Crippen LogP contribution in [0, 0.1) is 0 Å². The van der Waals surface area contributed by atoms with Gasteiger partial charge in [-0.25, -0.2) is 14.4 Å². The Hall–Kier alpha value is -10.8. The van der Waals surface area contributed by atoms with Gasteiger partial charge in [0.15, 0.2) is 0 Å². The monoisotopic (exact) mass is 1290 g/mol. The van der Waals surface area contributed by atoms with Gasteiger partial charge in [-0.1, -0.05) is 143 Å². The molecule has 0 saturated carbocycles. The third-order valence-electron chi connectivity index (χ3n) is 16.1. The van der Waals surface area contributed by atoms with Crippen LogP contribution in [-0.4, -0.2) is 171 Å². The van der Waals surface area contributed by atoms with Crippen molar-refractivity contribution in [2.24, 2.45) is 21.1 Å². The number of likely N-dealkylation sites (tertiary alicyclic amines) is 2. The molecule has 94 heavy (non-hydrogen) atoms. The van der Waals surface area contributed by atoms with Gasteiger partial charge in [-0.15, -0.1) is 0 Å². The van der Waals surface area contributed by atoms with Gasteiger partial charge in [0.2, 0.25) is 35.4 Å². The van der Waals surface area contributed by atoms with E-state index in [2.05, 4.69) is 56.7 Å². The first-order valence-electron chi connectivity index (χ1n) is 30.2. The Bertz CT molecular complexity index is 3930. The highest BCUT2D eigenvalue weighted by Gasteiger charge is 2.43. The van der Waals surface area contributed by atoms with Crippen molar-refractivity contribution in [3.8, 4) is 0 Å². The molecule has 3 fully saturated rings. The van der Waals surface area contributed by atoms with Crippen LogP contribution < -0.4 is 32.3 Å². The number of amides is 6. The standard InChI is InChI=1S/C24H28N6O5.C22H26N6O4.C19H21N5O3/c1-14(26-15(2)31)23(33)30-13-19(28-29-25)12-21(30)22(32)27-20(24(34)35-3)11-16-8-9-17-6-4-5-7-18(17)10-16;1-13(23)21(30)28-12-17(26-27-24)11-19(28)20(29)25-18(22(31)32-2)10-14-7-8-15-5-3-4-6-16(15)9-14;1-27-19(26)17(22-18(25)16-10-15(11-21-16)23-24-20)9-12-6-7-13-4-2-3-5-14(13)8-12/h4-10,14,19-21H,11-13H2,1-3H3,(H,26,31)(H,27,32);3-9,13,17-19H,10-12,23H2,1-2H3,(H,25,29);2-8,15-17,21H,9-11H2,1H3,(H,22,25)/t14-,19-,20-,21-;13-,17-,18-,19-;15-,16-,17-/m000/s1. The minimum atomic E-state index is -0.989. The highest BCUT2D eigenvalue weighted by atomic mass is 16.5. The second-order valence-corrected chi connectivity index (χ2v) is 22.9. The van der Waals surface area contributed by atoms with E-state index < -0.39 is 108 Å². The molecule has 29 nitrogen and oxygen atoms in total. The van der Waals surface area contributed by atoms with E-state index in [4.69, 9.17) is 36.5 Å². The van der Waals surface area contributed by atoms with E-state index in [9.17, 15) is 43.2 Å². The van der Waals surface area contributed by atoms with Crippen LogP contribution in [0.5, 0.6) is 0 Å². The maximum absolute atomic E-state index is 13.3. The molecule has 3 aliphatic heterocycles. The number of esters is 3. The molecular formula is C65H75N17O12. The molecule has 0 unspecified atom stereocenters. The highest BCUT2D eigenvalue weighted by Crippen LogP contribution is 2.26. The minimum Gasteiger partial charge on any atom is -0.467 e. The predicted octanol–water partition coefficient (Wildman–Crippen LogP) is 5.59. The summed E-state index contributed by atoms with van der Waals surface area (Å²) in [5.74, 6) is -4.42. The molecule has 0 radical (unpaired) electrons. The number of methoxy groups -OCH3 is 3. The van der Waals surface area contributed by atoms with Crippen LogP contribution in [-0.2, 0) is 76.6 Å². The van der Waals surface area contributed by atoms with Gasteiger partial charge in [0, 0.05) is 60.6 Å². The van der Waals surface area contributed by atoms with Crippen molar-refractivity contribution in [3.05, 3.63) is 175 Å². The van der Waals surface area contributed by atoms with E-state index in [1.54, 1.807) is 0 Å². The Morgan fingerprint density at radius 1 is 0.511 bits per heavy atom. The van der Waals surface area contributed by atoms with Gasteiger partial charge in [0.25, 0.3) is 0 Å². The summed E-state index contributed by atoms with van der Waals surface area (Å²) < 4.78 is 14.6. The molecule has 3 aliphatic rings. The molecular weight excluding hydrogens is 1210 g/mol. The number of hydrogen-bond donors (Lipinski definition) is 6. The average Bonchev–Trinajstić information content (AvgIpc) is 1.66. The van der Waals surface area contributed by atoms with E-state index >= 15 is 0 Å². The van der Waals surface area contributed by atoms with Crippen molar-refractivity contribution in [1.82, 2.24) is 36.4 Å². The summed E-state index contributed by atoms with van der Waals surface area (Å²) in [5, 5.41) is 30.9. The molecule has 6 amide bonds. The molecule has 0 bridgehead atoms. The van der Waals surface area contributed by atoms with E-state index in [1.165, 1.54) is 51.9 Å². The van der Waals surface area contributed by atoms with Crippen molar-refractivity contribution in [2.75, 3.05) is 41.0 Å². The normalized spacial score (nSPS) is 19.4. The molecule has 29 heteroatoms. The molecule has 9 rings (SSSR count). The SMILES string of the molecule is COC(=O)[C@H](Cc1ccc2ccccc2c1)NC(=O)[C@@H]1C[C@H](N=[N+]=[N-])CN1.COC(=O)[C@H](Cc1ccc2ccccc2c1)NC(=O)[C@@H]1C[C@H](N=[N+]=[N-])CN1C(=O)[C@H](C)N.COC(=O)[C@H](Cc1ccc2ccccc2c1)NC(=O)[C@@H]1C[C@H](N=[N+]=[N-])CN1C(=O)[C@H](C)NC(C)=O. The van der Waals surface area contributed by atoms with Crippen molar-refractivity contribution >= 4 is 85.7 Å². The maximum Gasteiger partial charge on any atom is 0.328 e. The van der Waals surface area contributed by atoms with Crippen LogP contribution in [0.4, 0.5) is 0 Å². The smallest absolute Gasteiger partial charge is 0.328 e. The van der Waals surface area contributed by atoms with Crippen LogP contribution in [0.1, 0.15) is 56.7 Å². The average molecular weight is 1290 g/mol. The third kappa shape index (κ3) is 19.1. The van der Waals surface area contributed by atoms with Crippen LogP contribution in [0.15, 0.2) is 143 Å². The fourth-order valence-corrected chi connectivity index (χ4v) is 11.5. The van der Waals surface area contributed by atoms with Crippen molar-refractivity contribution in [2.45, 2.75) is 126 Å². The van der Waals surface area contributed by atoms with Crippen LogP contribution >= 0.6 is 0 Å². The zero-order valence-electron chi connectivity index (χ0n) is 52.7. The van der Waals surface area contributed by atoms with Gasteiger partial charge in [0.05, 0.1) is 51.5 Å². The molecule has 3 saturated heterocycles. The van der Waals surface area contributed by atoms with Crippen LogP contribution in [0.2, 0.25) is 0 Å². The van der Waals surface area contributed by atoms with Crippen molar-refractivity contribution < 1.29 is 57.4 Å². The first kappa shape index (κ1) is 70.6. The van der Waals surface area contributed by atoms with Gasteiger partial charge < -0.3 is 56.3 Å². The summed E-state index contributed by atoms with van der Waals surface area (Å²) in [6.45, 7) is 4.88. The van der Waals surface area contributed by atoms with E-state index in [1.807, 2.05) is 127 Å². The number of nitrogens with zero attached hydrogens (tertiary/aromatic N) is 11. The molecule has 3 heterocycles. The fourth-order valence-electron chi connectivity index (χ4n) is 11.5. The van der Waals surface area contributed by atoms with E-state index in [0.29, 0.717) is 19.4 Å². The number of azide groups is 3. The summed E-state index contributed by atoms with van der Waals surface area (Å²) in [7, 11) is 3.79. The number of ether oxygens (including phenoxy) is 3. The highest BCUT2D eigenvalue weighted by molar-refractivity contribution is 5.95. The number of nitrogens with two attached hydrogens (primary N) is 1. The lowest BCUT2D eigenvalue weighted by Gasteiger charge is -2.28. The summed E-state index contributed by atoms with van der Waals surface area (Å²) >= 11 is 0.